The molecule has 3 saturated heterocycles. The van der Waals surface area contributed by atoms with Gasteiger partial charge in [0.2, 0.25) is 5.91 Å². The van der Waals surface area contributed by atoms with Crippen LogP contribution in [-0.2, 0) is 20.7 Å². The monoisotopic (exact) mass is 552 g/mol. The standard InChI is InChI=1S/C29H34F2N6O3/c1-2-21-27(26-22(31)15-19(30)16-23(26)34-28(21)37-6-4-3-5-25(37)38)33-24-17-20(35-7-11-39-12-8-35)18-32-29(24)36-9-13-40-14-10-36/h15-18H,2-14H2,1H3,(H,33,34). The number of carbonyl (C=O) groups is 1. The molecule has 0 bridgehead atoms. The van der Waals surface area contributed by atoms with Gasteiger partial charge in [0.15, 0.2) is 5.82 Å². The Kier molecular flexibility index (Phi) is 7.66. The first kappa shape index (κ1) is 26.6. The average molecular weight is 553 g/mol. The number of nitrogens with zero attached hydrogens (tertiary/aromatic N) is 5. The minimum absolute atomic E-state index is 0.0272. The fourth-order valence-corrected chi connectivity index (χ4v) is 5.76. The van der Waals surface area contributed by atoms with Crippen LogP contribution in [0.2, 0.25) is 0 Å². The molecular formula is C29H34F2N6O3. The van der Waals surface area contributed by atoms with Crippen LogP contribution in [0, 0.1) is 11.6 Å². The van der Waals surface area contributed by atoms with Gasteiger partial charge >= 0.3 is 0 Å². The number of hydrogen-bond acceptors (Lipinski definition) is 8. The van der Waals surface area contributed by atoms with Crippen molar-refractivity contribution in [2.24, 2.45) is 0 Å². The van der Waals surface area contributed by atoms with Crippen molar-refractivity contribution in [2.75, 3.05) is 79.2 Å². The van der Waals surface area contributed by atoms with Crippen LogP contribution in [0.5, 0.6) is 0 Å². The van der Waals surface area contributed by atoms with Gasteiger partial charge in [-0.05, 0) is 25.3 Å². The van der Waals surface area contributed by atoms with Crippen LogP contribution < -0.4 is 20.0 Å². The first-order chi connectivity index (χ1) is 19.5. The summed E-state index contributed by atoms with van der Waals surface area (Å²) in [5.74, 6) is -0.265. The Morgan fingerprint density at radius 2 is 1.65 bits per heavy atom. The summed E-state index contributed by atoms with van der Waals surface area (Å²) in [6.07, 6.45) is 4.45. The molecule has 3 fully saturated rings. The summed E-state index contributed by atoms with van der Waals surface area (Å²) < 4.78 is 41.1. The van der Waals surface area contributed by atoms with Crippen molar-refractivity contribution in [3.05, 3.63) is 41.6 Å². The fourth-order valence-electron chi connectivity index (χ4n) is 5.76. The van der Waals surface area contributed by atoms with Crippen LogP contribution in [0.1, 0.15) is 31.7 Å². The van der Waals surface area contributed by atoms with Gasteiger partial charge in [0.05, 0.1) is 60.6 Å². The molecule has 3 aliphatic rings. The number of rotatable bonds is 6. The molecule has 0 radical (unpaired) electrons. The number of hydrogen-bond donors (Lipinski definition) is 1. The Labute approximate surface area is 232 Å². The van der Waals surface area contributed by atoms with Gasteiger partial charge in [-0.25, -0.2) is 18.7 Å². The second kappa shape index (κ2) is 11.5. The van der Waals surface area contributed by atoms with Gasteiger partial charge in [0, 0.05) is 56.8 Å². The summed E-state index contributed by atoms with van der Waals surface area (Å²) in [5.41, 5.74) is 2.98. The first-order valence-electron chi connectivity index (χ1n) is 14.1. The second-order valence-electron chi connectivity index (χ2n) is 10.3. The fraction of sp³-hybridized carbons (Fsp3) is 0.483. The molecule has 3 aliphatic heterocycles. The first-order valence-corrected chi connectivity index (χ1v) is 14.1. The molecule has 9 nitrogen and oxygen atoms in total. The second-order valence-corrected chi connectivity index (χ2v) is 10.3. The lowest BCUT2D eigenvalue weighted by Gasteiger charge is -2.33. The van der Waals surface area contributed by atoms with Gasteiger partial charge in [-0.15, -0.1) is 0 Å². The van der Waals surface area contributed by atoms with Crippen molar-refractivity contribution in [3.8, 4) is 0 Å². The number of piperidine rings is 1. The molecule has 0 saturated carbocycles. The van der Waals surface area contributed by atoms with Crippen LogP contribution >= 0.6 is 0 Å². The molecule has 40 heavy (non-hydrogen) atoms. The number of aromatic nitrogens is 2. The molecule has 212 valence electrons. The van der Waals surface area contributed by atoms with Gasteiger partial charge in [0.1, 0.15) is 17.5 Å². The smallest absolute Gasteiger partial charge is 0.228 e. The van der Waals surface area contributed by atoms with Crippen LogP contribution in [0.3, 0.4) is 0 Å². The maximum Gasteiger partial charge on any atom is 0.228 e. The van der Waals surface area contributed by atoms with Crippen LogP contribution in [0.4, 0.5) is 37.5 Å². The highest BCUT2D eigenvalue weighted by molar-refractivity contribution is 6.02. The number of amides is 1. The predicted octanol–water partition coefficient (Wildman–Crippen LogP) is 4.40. The molecular weight excluding hydrogens is 518 g/mol. The van der Waals surface area contributed by atoms with Gasteiger partial charge in [-0.1, -0.05) is 6.92 Å². The summed E-state index contributed by atoms with van der Waals surface area (Å²) >= 11 is 0. The Hall–Kier alpha value is -3.57. The molecule has 0 unspecified atom stereocenters. The van der Waals surface area contributed by atoms with Crippen molar-refractivity contribution in [3.63, 3.8) is 0 Å². The largest absolute Gasteiger partial charge is 0.378 e. The summed E-state index contributed by atoms with van der Waals surface area (Å²) in [7, 11) is 0. The maximum absolute atomic E-state index is 15.5. The number of carbonyl (C=O) groups excluding carboxylic acids is 1. The molecule has 1 amide bonds. The third-order valence-corrected chi connectivity index (χ3v) is 7.81. The summed E-state index contributed by atoms with van der Waals surface area (Å²) in [6.45, 7) is 7.73. The Morgan fingerprint density at radius 1 is 0.925 bits per heavy atom. The van der Waals surface area contributed by atoms with Crippen molar-refractivity contribution < 1.29 is 23.0 Å². The van der Waals surface area contributed by atoms with Gasteiger partial charge in [-0.3, -0.25) is 9.69 Å². The number of ether oxygens (including phenoxy) is 2. The molecule has 0 aliphatic carbocycles. The highest BCUT2D eigenvalue weighted by atomic mass is 19.1. The molecule has 0 spiro atoms. The van der Waals surface area contributed by atoms with E-state index in [1.807, 2.05) is 19.2 Å². The van der Waals surface area contributed by atoms with Crippen molar-refractivity contribution in [2.45, 2.75) is 32.6 Å². The summed E-state index contributed by atoms with van der Waals surface area (Å²) in [4.78, 5) is 28.5. The van der Waals surface area contributed by atoms with E-state index < -0.39 is 11.6 Å². The van der Waals surface area contributed by atoms with E-state index in [1.54, 1.807) is 4.90 Å². The van der Waals surface area contributed by atoms with Crippen LogP contribution in [0.25, 0.3) is 10.9 Å². The quantitative estimate of drug-likeness (QED) is 0.482. The van der Waals surface area contributed by atoms with E-state index in [0.717, 1.165) is 43.5 Å². The highest BCUT2D eigenvalue weighted by Crippen LogP contribution is 2.41. The summed E-state index contributed by atoms with van der Waals surface area (Å²) in [5, 5.41) is 3.71. The number of pyridine rings is 2. The van der Waals surface area contributed by atoms with E-state index in [9.17, 15) is 9.18 Å². The van der Waals surface area contributed by atoms with Gasteiger partial charge < -0.3 is 24.6 Å². The molecule has 6 rings (SSSR count). The SMILES string of the molecule is CCc1c(N2CCCCC2=O)nc2cc(F)cc(F)c2c1Nc1cc(N2CCOCC2)cnc1N1CCOCC1. The molecule has 5 heterocycles. The number of anilines is 5. The Morgan fingerprint density at radius 3 is 2.35 bits per heavy atom. The molecule has 0 atom stereocenters. The van der Waals surface area contributed by atoms with E-state index in [-0.39, 0.29) is 16.8 Å². The number of halogens is 2. The van der Waals surface area contributed by atoms with Crippen LogP contribution in [-0.4, -0.2) is 75.0 Å². The van der Waals surface area contributed by atoms with Crippen molar-refractivity contribution >= 4 is 45.5 Å². The lowest BCUT2D eigenvalue weighted by Crippen LogP contribution is -2.38. The van der Waals surface area contributed by atoms with E-state index in [4.69, 9.17) is 14.5 Å². The van der Waals surface area contributed by atoms with E-state index in [2.05, 4.69) is 20.1 Å². The zero-order chi connectivity index (χ0) is 27.6. The Balaban J connectivity index is 1.53. The zero-order valence-electron chi connectivity index (χ0n) is 22.7. The summed E-state index contributed by atoms with van der Waals surface area (Å²) in [6, 6.07) is 4.14. The normalized spacial score (nSPS) is 18.5. The van der Waals surface area contributed by atoms with Crippen molar-refractivity contribution in [1.82, 2.24) is 9.97 Å². The molecule has 1 aromatic carbocycles. The minimum Gasteiger partial charge on any atom is -0.378 e. The highest BCUT2D eigenvalue weighted by Gasteiger charge is 2.28. The van der Waals surface area contributed by atoms with Gasteiger partial charge in [0.25, 0.3) is 0 Å². The van der Waals surface area contributed by atoms with E-state index in [1.165, 1.54) is 6.07 Å². The maximum atomic E-state index is 15.5. The molecule has 2 aromatic heterocycles. The topological polar surface area (TPSA) is 83.1 Å². The predicted molar refractivity (Wildman–Crippen MR) is 151 cm³/mol. The van der Waals surface area contributed by atoms with Crippen LogP contribution in [0.15, 0.2) is 24.4 Å². The number of fused-ring (bicyclic) bond motifs is 1. The third kappa shape index (κ3) is 5.15. The zero-order valence-corrected chi connectivity index (χ0v) is 22.7. The molecule has 3 aromatic rings. The van der Waals surface area contributed by atoms with Gasteiger partial charge in [-0.2, -0.15) is 0 Å². The van der Waals surface area contributed by atoms with E-state index >= 15 is 4.39 Å². The van der Waals surface area contributed by atoms with E-state index in [0.29, 0.717) is 81.7 Å². The number of morpholine rings is 2. The third-order valence-electron chi connectivity index (χ3n) is 7.81. The lowest BCUT2D eigenvalue weighted by atomic mass is 10.0. The van der Waals surface area contributed by atoms with Crippen molar-refractivity contribution in [1.29, 1.82) is 0 Å². The molecule has 11 heteroatoms. The number of benzene rings is 1. The minimum atomic E-state index is -0.714. The Bertz CT molecular complexity index is 1410. The average Bonchev–Trinajstić information content (AvgIpc) is 2.98. The molecule has 1 N–H and O–H groups in total. The lowest BCUT2D eigenvalue weighted by molar-refractivity contribution is -0.119. The number of nitrogens with one attached hydrogen (secondary N) is 1.